The molecule has 2 heterocycles. The number of aromatic nitrogens is 1. The maximum absolute atomic E-state index is 13.0. The van der Waals surface area contributed by atoms with Crippen molar-refractivity contribution in [2.24, 2.45) is 0 Å². The van der Waals surface area contributed by atoms with Gasteiger partial charge in [-0.05, 0) is 43.3 Å². The Labute approximate surface area is 185 Å². The van der Waals surface area contributed by atoms with Crippen LogP contribution < -0.4 is 9.80 Å². The summed E-state index contributed by atoms with van der Waals surface area (Å²) >= 11 is 0. The van der Waals surface area contributed by atoms with Gasteiger partial charge in [-0.1, -0.05) is 30.3 Å². The topological polar surface area (TPSA) is 12.6 Å². The number of anilines is 1. The molecule has 32 heavy (non-hydrogen) atoms. The van der Waals surface area contributed by atoms with Gasteiger partial charge in [0.15, 0.2) is 0 Å². The van der Waals surface area contributed by atoms with Crippen molar-refractivity contribution in [1.29, 1.82) is 0 Å². The maximum Gasteiger partial charge on any atom is 0.416 e. The zero-order valence-electron chi connectivity index (χ0n) is 18.1. The fraction of sp³-hybridized carbons (Fsp3) is 0.308. The highest BCUT2D eigenvalue weighted by molar-refractivity contribution is 6.08. The number of hydrogen-bond acceptors (Lipinski definition) is 1. The van der Waals surface area contributed by atoms with Gasteiger partial charge in [0.2, 0.25) is 0 Å². The fourth-order valence-corrected chi connectivity index (χ4v) is 4.98. The summed E-state index contributed by atoms with van der Waals surface area (Å²) in [5.41, 5.74) is 3.92. The number of para-hydroxylation sites is 1. The van der Waals surface area contributed by atoms with Crippen LogP contribution in [0.3, 0.4) is 0 Å². The summed E-state index contributed by atoms with van der Waals surface area (Å²) in [4.78, 5) is 3.53. The van der Waals surface area contributed by atoms with Crippen LogP contribution >= 0.6 is 0 Å². The number of benzene rings is 3. The number of piperazine rings is 1. The second kappa shape index (κ2) is 8.17. The molecule has 1 saturated heterocycles. The minimum absolute atomic E-state index is 0.579. The number of quaternary nitrogens is 1. The van der Waals surface area contributed by atoms with Gasteiger partial charge in [0.05, 0.1) is 31.7 Å². The van der Waals surface area contributed by atoms with Gasteiger partial charge in [0.25, 0.3) is 0 Å². The summed E-state index contributed by atoms with van der Waals surface area (Å²) in [6, 6.07) is 21.0. The normalized spacial score (nSPS) is 15.7. The van der Waals surface area contributed by atoms with Crippen LogP contribution in [0.15, 0.2) is 66.7 Å². The van der Waals surface area contributed by atoms with Crippen LogP contribution in [-0.2, 0) is 19.3 Å². The Hall–Kier alpha value is -2.99. The lowest BCUT2D eigenvalue weighted by molar-refractivity contribution is -0.914. The molecule has 1 aliphatic rings. The van der Waals surface area contributed by atoms with Gasteiger partial charge in [0, 0.05) is 39.6 Å². The van der Waals surface area contributed by atoms with Gasteiger partial charge in [-0.15, -0.1) is 0 Å². The fourth-order valence-electron chi connectivity index (χ4n) is 4.98. The van der Waals surface area contributed by atoms with E-state index in [4.69, 9.17) is 0 Å². The Morgan fingerprint density at radius 3 is 2.34 bits per heavy atom. The lowest BCUT2D eigenvalue weighted by Crippen LogP contribution is -3.13. The van der Waals surface area contributed by atoms with E-state index in [0.29, 0.717) is 5.69 Å². The Balaban J connectivity index is 1.31. The molecule has 0 bridgehead atoms. The number of nitrogens with zero attached hydrogens (tertiary/aromatic N) is 2. The zero-order valence-corrected chi connectivity index (χ0v) is 18.1. The van der Waals surface area contributed by atoms with Gasteiger partial charge >= 0.3 is 6.18 Å². The van der Waals surface area contributed by atoms with E-state index in [1.165, 1.54) is 44.4 Å². The summed E-state index contributed by atoms with van der Waals surface area (Å²) in [7, 11) is 0. The minimum atomic E-state index is -4.30. The predicted octanol–water partition coefficient (Wildman–Crippen LogP) is 4.74. The van der Waals surface area contributed by atoms with Crippen molar-refractivity contribution in [1.82, 2.24) is 4.57 Å². The van der Waals surface area contributed by atoms with Crippen LogP contribution in [0.5, 0.6) is 0 Å². The molecule has 6 heteroatoms. The summed E-state index contributed by atoms with van der Waals surface area (Å²) in [5, 5.41) is 2.58. The number of nitrogens with one attached hydrogen (secondary N) is 1. The Bertz CT molecular complexity index is 1250. The average Bonchev–Trinajstić information content (AvgIpc) is 3.12. The second-order valence-corrected chi connectivity index (χ2v) is 8.57. The monoisotopic (exact) mass is 438 g/mol. The van der Waals surface area contributed by atoms with Gasteiger partial charge in [-0.3, -0.25) is 0 Å². The quantitative estimate of drug-likeness (QED) is 0.486. The number of rotatable bonds is 4. The highest BCUT2D eigenvalue weighted by atomic mass is 19.4. The first-order valence-corrected chi connectivity index (χ1v) is 11.2. The third-order valence-corrected chi connectivity index (χ3v) is 6.62. The number of fused-ring (bicyclic) bond motifs is 3. The first kappa shape index (κ1) is 20.9. The summed E-state index contributed by atoms with van der Waals surface area (Å²) in [6.07, 6.45) is -4.30. The molecule has 5 rings (SSSR count). The molecule has 1 fully saturated rings. The summed E-state index contributed by atoms with van der Waals surface area (Å²) in [5.74, 6) is 0. The van der Waals surface area contributed by atoms with Gasteiger partial charge in [-0.2, -0.15) is 13.2 Å². The molecule has 1 N–H and O–H groups in total. The van der Waals surface area contributed by atoms with Crippen LogP contribution in [0, 0.1) is 0 Å². The Kier molecular flexibility index (Phi) is 5.33. The molecule has 0 aliphatic carbocycles. The molecule has 0 unspecified atom stereocenters. The third kappa shape index (κ3) is 3.84. The van der Waals surface area contributed by atoms with Crippen molar-refractivity contribution in [3.8, 4) is 0 Å². The number of aryl methyl sites for hydroxylation is 1. The second-order valence-electron chi connectivity index (χ2n) is 8.57. The van der Waals surface area contributed by atoms with Crippen molar-refractivity contribution in [2.45, 2.75) is 26.2 Å². The first-order valence-electron chi connectivity index (χ1n) is 11.2. The SMILES string of the molecule is CCn1c2ccccc2c2cc(C[NH+]3CCN(c4cccc(C(F)(F)F)c4)CC3)ccc21. The van der Waals surface area contributed by atoms with E-state index in [-0.39, 0.29) is 0 Å². The smallest absolute Gasteiger partial charge is 0.360 e. The lowest BCUT2D eigenvalue weighted by Gasteiger charge is -2.34. The van der Waals surface area contributed by atoms with Crippen LogP contribution in [-0.4, -0.2) is 30.7 Å². The molecule has 0 radical (unpaired) electrons. The number of halogens is 3. The third-order valence-electron chi connectivity index (χ3n) is 6.62. The number of alkyl halides is 3. The van der Waals surface area contributed by atoms with Gasteiger partial charge in [0.1, 0.15) is 6.54 Å². The molecule has 1 aliphatic heterocycles. The maximum atomic E-state index is 13.0. The van der Waals surface area contributed by atoms with Crippen molar-refractivity contribution in [3.05, 3.63) is 77.9 Å². The summed E-state index contributed by atoms with van der Waals surface area (Å²) < 4.78 is 41.5. The largest absolute Gasteiger partial charge is 0.416 e. The van der Waals surface area contributed by atoms with Crippen molar-refractivity contribution < 1.29 is 18.1 Å². The highest BCUT2D eigenvalue weighted by Crippen LogP contribution is 2.32. The molecule has 0 atom stereocenters. The Morgan fingerprint density at radius 2 is 1.59 bits per heavy atom. The van der Waals surface area contributed by atoms with Crippen LogP contribution in [0.25, 0.3) is 21.8 Å². The predicted molar refractivity (Wildman–Crippen MR) is 123 cm³/mol. The summed E-state index contributed by atoms with van der Waals surface area (Å²) in [6.45, 7) is 7.37. The standard InChI is InChI=1S/C26H26F3N3/c1-2-32-24-9-4-3-8-22(24)23-16-19(10-11-25(23)32)18-30-12-14-31(15-13-30)21-7-5-6-20(17-21)26(27,28)29/h3-11,16-17H,2,12-15,18H2,1H3/p+1. The zero-order chi connectivity index (χ0) is 22.3. The van der Waals surface area contributed by atoms with Crippen LogP contribution in [0.1, 0.15) is 18.1 Å². The van der Waals surface area contributed by atoms with Gasteiger partial charge in [-0.25, -0.2) is 0 Å². The van der Waals surface area contributed by atoms with Crippen molar-refractivity contribution >= 4 is 27.5 Å². The van der Waals surface area contributed by atoms with E-state index in [2.05, 4.69) is 58.9 Å². The van der Waals surface area contributed by atoms with E-state index in [1.807, 2.05) is 0 Å². The van der Waals surface area contributed by atoms with Crippen molar-refractivity contribution in [3.63, 3.8) is 0 Å². The highest BCUT2D eigenvalue weighted by Gasteiger charge is 2.31. The average molecular weight is 439 g/mol. The van der Waals surface area contributed by atoms with E-state index in [1.54, 1.807) is 6.07 Å². The van der Waals surface area contributed by atoms with E-state index < -0.39 is 11.7 Å². The van der Waals surface area contributed by atoms with E-state index in [9.17, 15) is 13.2 Å². The molecule has 0 amide bonds. The lowest BCUT2D eigenvalue weighted by atomic mass is 10.1. The van der Waals surface area contributed by atoms with E-state index >= 15 is 0 Å². The Morgan fingerprint density at radius 1 is 0.844 bits per heavy atom. The molecular weight excluding hydrogens is 411 g/mol. The minimum Gasteiger partial charge on any atom is -0.360 e. The first-order chi connectivity index (χ1) is 15.4. The van der Waals surface area contributed by atoms with Crippen molar-refractivity contribution in [2.75, 3.05) is 31.1 Å². The molecule has 166 valence electrons. The molecule has 0 spiro atoms. The molecular formula is C26H27F3N3+. The van der Waals surface area contributed by atoms with Gasteiger partial charge < -0.3 is 14.4 Å². The van der Waals surface area contributed by atoms with E-state index in [0.717, 1.165) is 45.3 Å². The molecule has 4 aromatic rings. The molecule has 3 nitrogen and oxygen atoms in total. The molecule has 3 aromatic carbocycles. The van der Waals surface area contributed by atoms with Crippen LogP contribution in [0.4, 0.5) is 18.9 Å². The molecule has 1 aromatic heterocycles. The number of hydrogen-bond donors (Lipinski definition) is 1. The molecule has 0 saturated carbocycles. The van der Waals surface area contributed by atoms with Crippen LogP contribution in [0.2, 0.25) is 0 Å².